The lowest BCUT2D eigenvalue weighted by Crippen LogP contribution is -2.58. The van der Waals surface area contributed by atoms with Crippen molar-refractivity contribution in [2.24, 2.45) is 35.5 Å². The fourth-order valence-electron chi connectivity index (χ4n) is 7.93. The molecule has 1 unspecified atom stereocenters. The molecule has 3 heterocycles. The highest BCUT2D eigenvalue weighted by Gasteiger charge is 2.49. The molecule has 0 aliphatic carbocycles. The van der Waals surface area contributed by atoms with Crippen LogP contribution in [0.3, 0.4) is 0 Å². The zero-order chi connectivity index (χ0) is 36.4. The van der Waals surface area contributed by atoms with Crippen molar-refractivity contribution >= 4 is 11.8 Å². The van der Waals surface area contributed by atoms with Gasteiger partial charge in [-0.2, -0.15) is 0 Å². The molecule has 12 heteroatoms. The largest absolute Gasteiger partial charge is 0.462 e. The minimum atomic E-state index is -1.01. The molecule has 0 saturated carbocycles. The number of esters is 1. The highest BCUT2D eigenvalue weighted by molar-refractivity contribution is 5.83. The van der Waals surface area contributed by atoms with Crippen molar-refractivity contribution in [3.63, 3.8) is 0 Å². The van der Waals surface area contributed by atoms with Crippen molar-refractivity contribution < 1.29 is 53.3 Å². The van der Waals surface area contributed by atoms with E-state index in [9.17, 15) is 24.9 Å². The molecule has 0 radical (unpaired) electrons. The van der Waals surface area contributed by atoms with E-state index >= 15 is 0 Å². The molecule has 3 saturated heterocycles. The first-order chi connectivity index (χ1) is 22.2. The lowest BCUT2D eigenvalue weighted by atomic mass is 9.77. The Morgan fingerprint density at radius 3 is 2.00 bits per heavy atom. The van der Waals surface area contributed by atoms with Crippen molar-refractivity contribution in [3.05, 3.63) is 0 Å². The summed E-state index contributed by atoms with van der Waals surface area (Å²) in [4.78, 5) is 29.5. The molecule has 3 rings (SSSR count). The van der Waals surface area contributed by atoms with E-state index in [4.69, 9.17) is 28.4 Å². The zero-order valence-electron chi connectivity index (χ0n) is 31.5. The maximum atomic E-state index is 13.9. The highest BCUT2D eigenvalue weighted by Crippen LogP contribution is 2.39. The third-order valence-corrected chi connectivity index (χ3v) is 11.6. The minimum Gasteiger partial charge on any atom is -0.462 e. The molecule has 3 N–H and O–H groups in total. The lowest BCUT2D eigenvalue weighted by Gasteiger charge is -2.47. The Labute approximate surface area is 288 Å². The summed E-state index contributed by atoms with van der Waals surface area (Å²) in [5.74, 6) is -3.75. The van der Waals surface area contributed by atoms with E-state index in [0.717, 1.165) is 0 Å². The molecule has 48 heavy (non-hydrogen) atoms. The molecule has 0 bridgehead atoms. The van der Waals surface area contributed by atoms with Crippen LogP contribution in [-0.4, -0.2) is 126 Å². The molecule has 0 aromatic carbocycles. The molecule has 12 nitrogen and oxygen atoms in total. The number of aliphatic hydroxyl groups excluding tert-OH is 3. The average Bonchev–Trinajstić information content (AvgIpc) is 3.03. The monoisotopic (exact) mass is 687 g/mol. The molecule has 3 fully saturated rings. The summed E-state index contributed by atoms with van der Waals surface area (Å²) in [6.45, 7) is 18.2. The topological polar surface area (TPSA) is 153 Å². The van der Waals surface area contributed by atoms with Crippen molar-refractivity contribution in [3.8, 4) is 0 Å². The van der Waals surface area contributed by atoms with Gasteiger partial charge in [-0.15, -0.1) is 0 Å². The normalized spacial score (nSPS) is 49.0. The number of rotatable bonds is 6. The van der Waals surface area contributed by atoms with Crippen LogP contribution in [0.5, 0.6) is 0 Å². The van der Waals surface area contributed by atoms with Gasteiger partial charge in [0, 0.05) is 43.2 Å². The Bertz CT molecular complexity index is 1060. The van der Waals surface area contributed by atoms with Gasteiger partial charge in [0.15, 0.2) is 12.6 Å². The van der Waals surface area contributed by atoms with Crippen LogP contribution in [0.4, 0.5) is 0 Å². The predicted octanol–water partition coefficient (Wildman–Crippen LogP) is 3.17. The van der Waals surface area contributed by atoms with E-state index in [1.807, 2.05) is 46.7 Å². The van der Waals surface area contributed by atoms with Gasteiger partial charge in [0.2, 0.25) is 0 Å². The quantitative estimate of drug-likeness (QED) is 0.352. The Balaban J connectivity index is 2.08. The second kappa shape index (κ2) is 16.9. The summed E-state index contributed by atoms with van der Waals surface area (Å²) in [6.07, 6.45) is -6.34. The van der Waals surface area contributed by atoms with Crippen LogP contribution in [0.25, 0.3) is 0 Å². The number of aliphatic hydroxyl groups is 3. The molecule has 0 aromatic rings. The van der Waals surface area contributed by atoms with Crippen LogP contribution in [-0.2, 0) is 38.0 Å². The van der Waals surface area contributed by atoms with E-state index < -0.39 is 96.5 Å². The van der Waals surface area contributed by atoms with E-state index in [0.29, 0.717) is 12.8 Å². The smallest absolute Gasteiger partial charge is 0.311 e. The van der Waals surface area contributed by atoms with E-state index in [-0.39, 0.29) is 30.3 Å². The highest BCUT2D eigenvalue weighted by atomic mass is 16.7. The van der Waals surface area contributed by atoms with E-state index in [1.165, 1.54) is 7.11 Å². The van der Waals surface area contributed by atoms with Crippen molar-refractivity contribution in [2.75, 3.05) is 21.2 Å². The van der Waals surface area contributed by atoms with Crippen LogP contribution < -0.4 is 0 Å². The first kappa shape index (κ1) is 41.2. The molecule has 3 aliphatic rings. The molecule has 280 valence electrons. The summed E-state index contributed by atoms with van der Waals surface area (Å²) in [6, 6.07) is -0.203. The number of methoxy groups -OCH3 is 1. The number of likely N-dealkylation sites (N-methyl/N-ethyl adjacent to an activating group) is 1. The number of ketones is 1. The number of hydrogen-bond acceptors (Lipinski definition) is 12. The summed E-state index contributed by atoms with van der Waals surface area (Å²) >= 11 is 0. The molecular weight excluding hydrogens is 622 g/mol. The number of carbonyl (C=O) groups is 2. The minimum absolute atomic E-state index is 0.0818. The summed E-state index contributed by atoms with van der Waals surface area (Å²) in [5, 5.41) is 33.5. The summed E-state index contributed by atoms with van der Waals surface area (Å²) in [5.41, 5.74) is -0.954. The first-order valence-electron chi connectivity index (χ1n) is 17.9. The molecule has 0 spiro atoms. The second-order valence-corrected chi connectivity index (χ2v) is 15.7. The van der Waals surface area contributed by atoms with Gasteiger partial charge in [-0.05, 0) is 67.5 Å². The van der Waals surface area contributed by atoms with Crippen LogP contribution in [0.2, 0.25) is 0 Å². The van der Waals surface area contributed by atoms with Crippen molar-refractivity contribution in [1.29, 1.82) is 0 Å². The Hall–Kier alpha value is -1.22. The van der Waals surface area contributed by atoms with Crippen molar-refractivity contribution in [2.45, 2.75) is 162 Å². The molecular formula is C36H65NO11. The van der Waals surface area contributed by atoms with Crippen LogP contribution >= 0.6 is 0 Å². The van der Waals surface area contributed by atoms with Crippen LogP contribution in [0.1, 0.15) is 88.5 Å². The Morgan fingerprint density at radius 2 is 1.42 bits per heavy atom. The first-order valence-corrected chi connectivity index (χ1v) is 17.9. The molecule has 0 aromatic heterocycles. The van der Waals surface area contributed by atoms with Gasteiger partial charge in [-0.1, -0.05) is 34.6 Å². The summed E-state index contributed by atoms with van der Waals surface area (Å²) in [7, 11) is 5.35. The maximum Gasteiger partial charge on any atom is 0.311 e. The predicted molar refractivity (Wildman–Crippen MR) is 179 cm³/mol. The van der Waals surface area contributed by atoms with Gasteiger partial charge in [0.05, 0.1) is 42.0 Å². The Morgan fingerprint density at radius 1 is 0.792 bits per heavy atom. The fraction of sp³-hybridized carbons (Fsp3) is 0.944. The standard InChI is InChI=1S/C36H65NO11/c1-17-14-18(2)31(48-35-30(40)26(37(11)12)15-19(3)44-35)22(6)32(47-27-16-36(10,43-13)33(41)25(9)45-27)23(7)34(42)46-24(8)20(4)29(39)21(5)28(17)38/h17-27,29-33,35,39-41H,14-16H2,1-13H3/t17-,18+,19-,20+,21+,22-,23-,24-,25+,26+,27+,29+,30-,31+,32?,33+,35+,36-/m1/s1. The number of Topliss-reactive ketones (excluding diaryl/α,β-unsaturated/α-hetero) is 1. The molecule has 3 aliphatic heterocycles. The maximum absolute atomic E-state index is 13.9. The van der Waals surface area contributed by atoms with Crippen LogP contribution in [0, 0.1) is 35.5 Å². The van der Waals surface area contributed by atoms with Crippen molar-refractivity contribution in [1.82, 2.24) is 4.90 Å². The van der Waals surface area contributed by atoms with E-state index in [2.05, 4.69) is 0 Å². The lowest BCUT2D eigenvalue weighted by molar-refractivity contribution is -0.309. The van der Waals surface area contributed by atoms with Gasteiger partial charge in [-0.3, -0.25) is 9.59 Å². The third kappa shape index (κ3) is 9.16. The van der Waals surface area contributed by atoms with Gasteiger partial charge < -0.3 is 48.6 Å². The number of nitrogens with zero attached hydrogens (tertiary/aromatic N) is 1. The number of cyclic esters (lactones) is 1. The number of ether oxygens (including phenoxy) is 6. The van der Waals surface area contributed by atoms with Gasteiger partial charge in [0.1, 0.15) is 24.1 Å². The average molecular weight is 688 g/mol. The van der Waals surface area contributed by atoms with Gasteiger partial charge in [0.25, 0.3) is 0 Å². The van der Waals surface area contributed by atoms with Gasteiger partial charge >= 0.3 is 5.97 Å². The molecule has 0 amide bonds. The molecule has 18 atom stereocenters. The van der Waals surface area contributed by atoms with Crippen LogP contribution in [0.15, 0.2) is 0 Å². The Kier molecular flexibility index (Phi) is 14.5. The number of hydrogen-bond donors (Lipinski definition) is 3. The second-order valence-electron chi connectivity index (χ2n) is 15.7. The van der Waals surface area contributed by atoms with Gasteiger partial charge in [-0.25, -0.2) is 0 Å². The van der Waals surface area contributed by atoms with E-state index in [1.54, 1.807) is 41.5 Å². The SMILES string of the molecule is CO[C@]1(C)C[C@H](OC2[C@@H](C)C(=O)O[C@H](C)[C@H](C)[C@H](O)[C@@H](C)C(=O)[C@H](C)C[C@H](C)[C@H](O[C@@H]3O[C@H](C)C[C@H](N(C)C)[C@H]3O)[C@H]2C)O[C@@H](C)[C@@H]1O. The zero-order valence-corrected chi connectivity index (χ0v) is 31.5. The fourth-order valence-corrected chi connectivity index (χ4v) is 7.93. The summed E-state index contributed by atoms with van der Waals surface area (Å²) < 4.78 is 37.4. The third-order valence-electron chi connectivity index (χ3n) is 11.6. The number of carbonyl (C=O) groups excluding carboxylic acids is 2.